The summed E-state index contributed by atoms with van der Waals surface area (Å²) >= 11 is 0. The minimum atomic E-state index is -4.49. The molecule has 2 amide bonds. The van der Waals surface area contributed by atoms with Gasteiger partial charge in [0.15, 0.2) is 0 Å². The van der Waals surface area contributed by atoms with Gasteiger partial charge in [-0.2, -0.15) is 13.2 Å². The molecular formula is C35H34F3N5O4. The fraction of sp³-hybridized carbons (Fsp3) is 0.314. The zero-order valence-corrected chi connectivity index (χ0v) is 26.3. The number of hydrogen-bond donors (Lipinski definition) is 3. The van der Waals surface area contributed by atoms with Crippen LogP contribution in [0.3, 0.4) is 0 Å². The summed E-state index contributed by atoms with van der Waals surface area (Å²) in [6, 6.07) is 14.3. The van der Waals surface area contributed by atoms with E-state index in [0.717, 1.165) is 60.1 Å². The van der Waals surface area contributed by atoms with Gasteiger partial charge < -0.3 is 24.9 Å². The van der Waals surface area contributed by atoms with Crippen molar-refractivity contribution in [1.82, 2.24) is 19.4 Å². The van der Waals surface area contributed by atoms with Gasteiger partial charge in [0, 0.05) is 53.3 Å². The Kier molecular flexibility index (Phi) is 7.85. The molecule has 0 bridgehead atoms. The highest BCUT2D eigenvalue weighted by Crippen LogP contribution is 2.44. The first-order valence-corrected chi connectivity index (χ1v) is 15.3. The van der Waals surface area contributed by atoms with E-state index < -0.39 is 35.1 Å². The molecule has 9 nitrogen and oxygen atoms in total. The van der Waals surface area contributed by atoms with E-state index in [1.54, 1.807) is 55.8 Å². The Morgan fingerprint density at radius 3 is 2.28 bits per heavy atom. The van der Waals surface area contributed by atoms with Crippen LogP contribution in [-0.4, -0.2) is 42.5 Å². The number of aromatic nitrogens is 3. The van der Waals surface area contributed by atoms with Crippen LogP contribution < -0.4 is 10.6 Å². The molecule has 12 heteroatoms. The highest BCUT2D eigenvalue weighted by atomic mass is 19.4. The molecule has 2 aromatic carbocycles. The smallest absolute Gasteiger partial charge is 0.417 e. The molecule has 0 unspecified atom stereocenters. The van der Waals surface area contributed by atoms with E-state index >= 15 is 0 Å². The number of carbonyl (C=O) groups excluding carboxylic acids is 2. The van der Waals surface area contributed by atoms with Gasteiger partial charge in [-0.3, -0.25) is 14.6 Å². The molecule has 47 heavy (non-hydrogen) atoms. The maximum Gasteiger partial charge on any atom is 0.417 e. The number of pyridine rings is 1. The second-order valence-electron chi connectivity index (χ2n) is 12.7. The van der Waals surface area contributed by atoms with Crippen molar-refractivity contribution < 1.29 is 32.7 Å². The van der Waals surface area contributed by atoms with Gasteiger partial charge in [0.2, 0.25) is 5.91 Å². The van der Waals surface area contributed by atoms with E-state index in [4.69, 9.17) is 0 Å². The van der Waals surface area contributed by atoms with Gasteiger partial charge in [0.05, 0.1) is 17.0 Å². The molecule has 6 rings (SSSR count). The summed E-state index contributed by atoms with van der Waals surface area (Å²) in [5.41, 5.74) is 2.32. The maximum atomic E-state index is 13.5. The minimum Gasteiger partial charge on any atom is -0.477 e. The molecule has 5 aromatic rings. The van der Waals surface area contributed by atoms with Crippen LogP contribution in [0.1, 0.15) is 77.4 Å². The molecule has 0 atom stereocenters. The molecule has 1 aliphatic rings. The lowest BCUT2D eigenvalue weighted by atomic mass is 9.93. The zero-order valence-electron chi connectivity index (χ0n) is 26.3. The van der Waals surface area contributed by atoms with Gasteiger partial charge in [-0.05, 0) is 86.7 Å². The van der Waals surface area contributed by atoms with E-state index in [1.165, 1.54) is 12.1 Å². The number of aryl methyl sites for hydroxylation is 2. The number of hydrogen-bond acceptors (Lipinski definition) is 4. The maximum absolute atomic E-state index is 13.5. The van der Waals surface area contributed by atoms with E-state index in [1.807, 2.05) is 17.7 Å². The summed E-state index contributed by atoms with van der Waals surface area (Å²) < 4.78 is 43.2. The van der Waals surface area contributed by atoms with E-state index in [-0.39, 0.29) is 11.6 Å². The van der Waals surface area contributed by atoms with Gasteiger partial charge in [-0.15, -0.1) is 0 Å². The summed E-state index contributed by atoms with van der Waals surface area (Å²) in [6.45, 7) is 3.16. The fourth-order valence-electron chi connectivity index (χ4n) is 6.58. The highest BCUT2D eigenvalue weighted by molar-refractivity contribution is 6.06. The van der Waals surface area contributed by atoms with Gasteiger partial charge >= 0.3 is 12.1 Å². The SMILES string of the molecule is Cn1c(C(=O)O)cc2cc(NC(=O)C(C)(C)NC(=O)c3ccc4c(C5CCCC5)c(-c5ccc(C(F)(F)F)cn5)n(C)c4c3)ccc21. The number of nitrogens with zero attached hydrogens (tertiary/aromatic N) is 3. The number of nitrogens with one attached hydrogen (secondary N) is 2. The number of anilines is 1. The average molecular weight is 646 g/mol. The molecule has 3 N–H and O–H groups in total. The molecule has 1 aliphatic carbocycles. The van der Waals surface area contributed by atoms with Crippen molar-refractivity contribution in [2.75, 3.05) is 5.32 Å². The van der Waals surface area contributed by atoms with Crippen LogP contribution in [-0.2, 0) is 25.1 Å². The Balaban J connectivity index is 1.27. The van der Waals surface area contributed by atoms with Crippen LogP contribution in [0, 0.1) is 0 Å². The zero-order chi connectivity index (χ0) is 33.8. The van der Waals surface area contributed by atoms with Crippen LogP contribution in [0.2, 0.25) is 0 Å². The van der Waals surface area contributed by atoms with Gasteiger partial charge in [-0.25, -0.2) is 4.79 Å². The average Bonchev–Trinajstić information content (AvgIpc) is 3.73. The topological polar surface area (TPSA) is 118 Å². The quantitative estimate of drug-likeness (QED) is 0.172. The van der Waals surface area contributed by atoms with E-state index in [0.29, 0.717) is 27.8 Å². The summed E-state index contributed by atoms with van der Waals surface area (Å²) in [5.74, 6) is -1.80. The number of carboxylic acids is 1. The van der Waals surface area contributed by atoms with Crippen molar-refractivity contribution in [1.29, 1.82) is 0 Å². The number of halogens is 3. The third-order valence-electron chi connectivity index (χ3n) is 9.11. The van der Waals surface area contributed by atoms with E-state index in [2.05, 4.69) is 15.6 Å². The lowest BCUT2D eigenvalue weighted by molar-refractivity contribution is -0.137. The third kappa shape index (κ3) is 5.84. The predicted molar refractivity (Wildman–Crippen MR) is 172 cm³/mol. The second kappa shape index (κ2) is 11.6. The fourth-order valence-corrected chi connectivity index (χ4v) is 6.58. The largest absolute Gasteiger partial charge is 0.477 e. The minimum absolute atomic E-state index is 0.115. The van der Waals surface area contributed by atoms with Crippen molar-refractivity contribution >= 4 is 45.3 Å². The van der Waals surface area contributed by atoms with Crippen molar-refractivity contribution in [2.45, 2.75) is 57.2 Å². The Morgan fingerprint density at radius 2 is 1.64 bits per heavy atom. The number of amides is 2. The number of aromatic carboxylic acids is 1. The van der Waals surface area contributed by atoms with Crippen molar-refractivity contribution in [3.63, 3.8) is 0 Å². The Hall–Kier alpha value is -5.13. The summed E-state index contributed by atoms with van der Waals surface area (Å²) in [4.78, 5) is 42.6. The van der Waals surface area contributed by atoms with Gasteiger partial charge in [-0.1, -0.05) is 18.9 Å². The molecule has 1 fully saturated rings. The summed E-state index contributed by atoms with van der Waals surface area (Å²) in [5, 5.41) is 16.6. The van der Waals surface area contributed by atoms with Crippen LogP contribution in [0.4, 0.5) is 18.9 Å². The predicted octanol–water partition coefficient (Wildman–Crippen LogP) is 7.25. The van der Waals surface area contributed by atoms with Crippen molar-refractivity contribution in [3.8, 4) is 11.4 Å². The lowest BCUT2D eigenvalue weighted by Crippen LogP contribution is -2.52. The van der Waals surface area contributed by atoms with Gasteiger partial charge in [0.25, 0.3) is 5.91 Å². The molecule has 3 aromatic heterocycles. The summed E-state index contributed by atoms with van der Waals surface area (Å²) in [6.07, 6.45) is 0.380. The molecule has 0 spiro atoms. The second-order valence-corrected chi connectivity index (χ2v) is 12.7. The number of benzene rings is 2. The normalized spacial score (nSPS) is 14.2. The van der Waals surface area contributed by atoms with Crippen LogP contribution >= 0.6 is 0 Å². The molecule has 1 saturated carbocycles. The van der Waals surface area contributed by atoms with Crippen LogP contribution in [0.25, 0.3) is 33.2 Å². The first kappa shape index (κ1) is 31.8. The number of carbonyl (C=O) groups is 3. The number of rotatable bonds is 7. The molecule has 0 aliphatic heterocycles. The molecule has 244 valence electrons. The van der Waals surface area contributed by atoms with Crippen LogP contribution in [0.15, 0.2) is 60.8 Å². The van der Waals surface area contributed by atoms with Crippen LogP contribution in [0.5, 0.6) is 0 Å². The Bertz CT molecular complexity index is 2050. The van der Waals surface area contributed by atoms with Gasteiger partial charge in [0.1, 0.15) is 11.2 Å². The van der Waals surface area contributed by atoms with Crippen molar-refractivity contribution in [2.24, 2.45) is 14.1 Å². The molecule has 0 saturated heterocycles. The summed E-state index contributed by atoms with van der Waals surface area (Å²) in [7, 11) is 3.47. The molecule has 0 radical (unpaired) electrons. The number of carboxylic acid groups (broad SMARTS) is 1. The monoisotopic (exact) mass is 645 g/mol. The van der Waals surface area contributed by atoms with Crippen molar-refractivity contribution in [3.05, 3.63) is 83.2 Å². The first-order chi connectivity index (χ1) is 22.2. The Labute approximate surface area is 268 Å². The number of alkyl halides is 3. The number of fused-ring (bicyclic) bond motifs is 2. The third-order valence-corrected chi connectivity index (χ3v) is 9.11. The molecular weight excluding hydrogens is 611 g/mol. The Morgan fingerprint density at radius 1 is 0.915 bits per heavy atom. The van der Waals surface area contributed by atoms with E-state index in [9.17, 15) is 32.7 Å². The lowest BCUT2D eigenvalue weighted by Gasteiger charge is -2.25. The first-order valence-electron chi connectivity index (χ1n) is 15.3. The molecule has 3 heterocycles. The highest BCUT2D eigenvalue weighted by Gasteiger charge is 2.33. The standard InChI is InChI=1S/C35H34F3N5O4/c1-34(2,33(47)40-23-11-14-26-21(15-23)17-28(32(45)46)42(26)3)41-31(44)20-9-12-24-27(16-20)43(4)30(29(24)19-7-5-6-8-19)25-13-10-22(18-39-25)35(36,37)38/h9-19H,5-8H2,1-4H3,(H,40,47)(H,41,44)(H,45,46).